The van der Waals surface area contributed by atoms with E-state index in [0.29, 0.717) is 0 Å². The van der Waals surface area contributed by atoms with Crippen LogP contribution in [0.2, 0.25) is 0 Å². The van der Waals surface area contributed by atoms with Crippen LogP contribution in [-0.4, -0.2) is 0 Å². The van der Waals surface area contributed by atoms with Gasteiger partial charge in [-0.15, -0.1) is 0 Å². The maximum absolute atomic E-state index is 5.71. The van der Waals surface area contributed by atoms with Gasteiger partial charge in [0.1, 0.15) is 0 Å². The molecule has 0 radical (unpaired) electrons. The molecule has 2 aromatic rings. The van der Waals surface area contributed by atoms with Crippen molar-refractivity contribution in [2.45, 2.75) is 12.8 Å². The zero-order chi connectivity index (χ0) is 13.1. The third-order valence-electron chi connectivity index (χ3n) is 3.46. The van der Waals surface area contributed by atoms with E-state index in [-0.39, 0.29) is 0 Å². The van der Waals surface area contributed by atoms with Gasteiger partial charge in [-0.1, -0.05) is 54.6 Å². The number of rotatable bonds is 2. The number of hydrogen-bond donors (Lipinski definition) is 1. The first kappa shape index (κ1) is 11.8. The normalized spacial score (nSPS) is 14.2. The Kier molecular flexibility index (Phi) is 3.20. The van der Waals surface area contributed by atoms with Crippen molar-refractivity contribution in [1.82, 2.24) is 0 Å². The molecular weight excluding hydrogens is 230 g/mol. The van der Waals surface area contributed by atoms with E-state index in [9.17, 15) is 0 Å². The summed E-state index contributed by atoms with van der Waals surface area (Å²) in [5.41, 5.74) is 11.6. The number of nitrogen functional groups attached to an aromatic ring is 1. The Labute approximate surface area is 114 Å². The summed E-state index contributed by atoms with van der Waals surface area (Å²) in [6, 6.07) is 16.7. The predicted octanol–water partition coefficient (Wildman–Crippen LogP) is 4.67. The molecule has 0 spiro atoms. The Morgan fingerprint density at radius 2 is 1.26 bits per heavy atom. The van der Waals surface area contributed by atoms with E-state index in [1.165, 1.54) is 22.3 Å². The molecule has 0 saturated heterocycles. The van der Waals surface area contributed by atoms with Gasteiger partial charge in [0, 0.05) is 5.69 Å². The lowest BCUT2D eigenvalue weighted by atomic mass is 9.97. The molecule has 0 amide bonds. The molecule has 3 rings (SSSR count). The molecule has 0 heterocycles. The number of hydrogen-bond acceptors (Lipinski definition) is 1. The lowest BCUT2D eigenvalue weighted by molar-refractivity contribution is 1.04. The Balaban J connectivity index is 1.88. The molecule has 0 fully saturated rings. The van der Waals surface area contributed by atoms with Gasteiger partial charge in [0.2, 0.25) is 0 Å². The van der Waals surface area contributed by atoms with E-state index in [1.54, 1.807) is 0 Å². The maximum Gasteiger partial charge on any atom is 0.0314 e. The average Bonchev–Trinajstić information content (AvgIpc) is 2.49. The van der Waals surface area contributed by atoms with E-state index in [2.05, 4.69) is 54.6 Å². The van der Waals surface area contributed by atoms with Crippen LogP contribution < -0.4 is 5.73 Å². The lowest BCUT2D eigenvalue weighted by Gasteiger charge is -2.08. The first-order chi connectivity index (χ1) is 9.33. The van der Waals surface area contributed by atoms with E-state index in [0.717, 1.165) is 18.5 Å². The van der Waals surface area contributed by atoms with Crippen LogP contribution in [0.25, 0.3) is 16.7 Å². The second-order valence-electron chi connectivity index (χ2n) is 4.84. The first-order valence-corrected chi connectivity index (χ1v) is 6.66. The second kappa shape index (κ2) is 5.15. The van der Waals surface area contributed by atoms with Crippen molar-refractivity contribution < 1.29 is 0 Å². The van der Waals surface area contributed by atoms with Crippen molar-refractivity contribution in [2.75, 3.05) is 5.73 Å². The highest BCUT2D eigenvalue weighted by atomic mass is 14.5. The number of benzene rings is 2. The van der Waals surface area contributed by atoms with Crippen molar-refractivity contribution in [1.29, 1.82) is 0 Å². The van der Waals surface area contributed by atoms with E-state index in [4.69, 9.17) is 5.73 Å². The topological polar surface area (TPSA) is 26.0 Å². The second-order valence-corrected chi connectivity index (χ2v) is 4.84. The van der Waals surface area contributed by atoms with E-state index in [1.807, 2.05) is 12.1 Å². The standard InChI is InChI=1S/C18H17N/c19-18-12-10-17(11-13-18)16-8-6-15(7-9-16)14-4-2-1-3-5-14/h2,4-13H,1,3,19H2. The fourth-order valence-corrected chi connectivity index (χ4v) is 2.36. The summed E-state index contributed by atoms with van der Waals surface area (Å²) in [5.74, 6) is 0. The Morgan fingerprint density at radius 1 is 0.684 bits per heavy atom. The average molecular weight is 247 g/mol. The molecule has 2 aromatic carbocycles. The van der Waals surface area contributed by atoms with Crippen LogP contribution in [0.15, 0.2) is 66.8 Å². The molecule has 1 heteroatoms. The van der Waals surface area contributed by atoms with Gasteiger partial charge in [0.15, 0.2) is 0 Å². The highest BCUT2D eigenvalue weighted by Gasteiger charge is 2.02. The van der Waals surface area contributed by atoms with Crippen molar-refractivity contribution in [3.05, 3.63) is 72.3 Å². The highest BCUT2D eigenvalue weighted by molar-refractivity contribution is 5.76. The molecule has 1 aliphatic rings. The third-order valence-corrected chi connectivity index (χ3v) is 3.46. The lowest BCUT2D eigenvalue weighted by Crippen LogP contribution is -1.87. The van der Waals surface area contributed by atoms with Gasteiger partial charge in [-0.3, -0.25) is 0 Å². The van der Waals surface area contributed by atoms with Crippen LogP contribution in [0.1, 0.15) is 18.4 Å². The summed E-state index contributed by atoms with van der Waals surface area (Å²) >= 11 is 0. The fraction of sp³-hybridized carbons (Fsp3) is 0.111. The van der Waals surface area contributed by atoms with Crippen LogP contribution >= 0.6 is 0 Å². The number of nitrogens with two attached hydrogens (primary N) is 1. The summed E-state index contributed by atoms with van der Waals surface area (Å²) in [6.45, 7) is 0. The largest absolute Gasteiger partial charge is 0.399 e. The van der Waals surface area contributed by atoms with Crippen molar-refractivity contribution in [2.24, 2.45) is 0 Å². The van der Waals surface area contributed by atoms with Crippen molar-refractivity contribution in [3.8, 4) is 11.1 Å². The first-order valence-electron chi connectivity index (χ1n) is 6.66. The zero-order valence-corrected chi connectivity index (χ0v) is 10.8. The highest BCUT2D eigenvalue weighted by Crippen LogP contribution is 2.25. The smallest absolute Gasteiger partial charge is 0.0314 e. The van der Waals surface area contributed by atoms with Crippen molar-refractivity contribution in [3.63, 3.8) is 0 Å². The Morgan fingerprint density at radius 3 is 1.84 bits per heavy atom. The molecule has 0 saturated carbocycles. The van der Waals surface area contributed by atoms with Crippen molar-refractivity contribution >= 4 is 11.3 Å². The molecule has 0 aliphatic heterocycles. The molecule has 19 heavy (non-hydrogen) atoms. The molecule has 1 aliphatic carbocycles. The minimum atomic E-state index is 0.804. The van der Waals surface area contributed by atoms with Crippen LogP contribution in [0.5, 0.6) is 0 Å². The molecule has 0 unspecified atom stereocenters. The van der Waals surface area contributed by atoms with Gasteiger partial charge in [0.05, 0.1) is 0 Å². The van der Waals surface area contributed by atoms with Crippen LogP contribution in [0, 0.1) is 0 Å². The molecule has 2 N–H and O–H groups in total. The van der Waals surface area contributed by atoms with Gasteiger partial charge in [-0.05, 0) is 47.2 Å². The third kappa shape index (κ3) is 2.60. The SMILES string of the molecule is Nc1ccc(-c2ccc(C3=CCCC=C3)cc2)cc1. The van der Waals surface area contributed by atoms with Gasteiger partial charge >= 0.3 is 0 Å². The molecule has 94 valence electrons. The van der Waals surface area contributed by atoms with Gasteiger partial charge < -0.3 is 5.73 Å². The van der Waals surface area contributed by atoms with Crippen LogP contribution in [0.3, 0.4) is 0 Å². The predicted molar refractivity (Wildman–Crippen MR) is 82.6 cm³/mol. The zero-order valence-electron chi connectivity index (χ0n) is 10.8. The Hall–Kier alpha value is -2.28. The number of anilines is 1. The summed E-state index contributed by atoms with van der Waals surface area (Å²) < 4.78 is 0. The summed E-state index contributed by atoms with van der Waals surface area (Å²) in [5, 5.41) is 0. The van der Waals surface area contributed by atoms with Crippen LogP contribution in [-0.2, 0) is 0 Å². The van der Waals surface area contributed by atoms with Crippen LogP contribution in [0.4, 0.5) is 5.69 Å². The molecule has 0 bridgehead atoms. The van der Waals surface area contributed by atoms with Gasteiger partial charge in [-0.25, -0.2) is 0 Å². The van der Waals surface area contributed by atoms with Gasteiger partial charge in [0.25, 0.3) is 0 Å². The maximum atomic E-state index is 5.71. The summed E-state index contributed by atoms with van der Waals surface area (Å²) in [7, 11) is 0. The molecule has 0 atom stereocenters. The quantitative estimate of drug-likeness (QED) is 0.767. The van der Waals surface area contributed by atoms with E-state index >= 15 is 0 Å². The molecule has 0 aromatic heterocycles. The minimum absolute atomic E-state index is 0.804. The van der Waals surface area contributed by atoms with Gasteiger partial charge in [-0.2, -0.15) is 0 Å². The molecule has 1 nitrogen and oxygen atoms in total. The summed E-state index contributed by atoms with van der Waals surface area (Å²) in [6.07, 6.45) is 9.06. The summed E-state index contributed by atoms with van der Waals surface area (Å²) in [4.78, 5) is 0. The number of allylic oxidation sites excluding steroid dienone is 4. The fourth-order valence-electron chi connectivity index (χ4n) is 2.36. The van der Waals surface area contributed by atoms with E-state index < -0.39 is 0 Å². The minimum Gasteiger partial charge on any atom is -0.399 e. The molecular formula is C18H17N. The Bertz CT molecular complexity index is 616. The monoisotopic (exact) mass is 247 g/mol.